The van der Waals surface area contributed by atoms with Gasteiger partial charge in [0.1, 0.15) is 0 Å². The zero-order valence-electron chi connectivity index (χ0n) is 8.54. The lowest BCUT2D eigenvalue weighted by Gasteiger charge is -2.22. The predicted octanol–water partition coefficient (Wildman–Crippen LogP) is 0.994. The van der Waals surface area contributed by atoms with Crippen LogP contribution in [-0.4, -0.2) is 29.3 Å². The first-order valence-electron chi connectivity index (χ1n) is 4.42. The zero-order chi connectivity index (χ0) is 10.5. The molecular weight excluding hydrogens is 170 g/mol. The summed E-state index contributed by atoms with van der Waals surface area (Å²) in [4.78, 5) is 10.2. The Kier molecular flexibility index (Phi) is 4.95. The van der Waals surface area contributed by atoms with Crippen LogP contribution < -0.4 is 5.73 Å². The summed E-state index contributed by atoms with van der Waals surface area (Å²) in [6.45, 7) is 6.24. The standard InChI is InChI=1S/C9H19NO3/c1-9(2,3)13-6-7(10)4-5-8(11)12/h7H,4-6,10H2,1-3H3,(H,11,12). The molecule has 4 nitrogen and oxygen atoms in total. The van der Waals surface area contributed by atoms with Crippen molar-refractivity contribution in [2.45, 2.75) is 45.3 Å². The fraction of sp³-hybridized carbons (Fsp3) is 0.889. The molecule has 0 fully saturated rings. The summed E-state index contributed by atoms with van der Waals surface area (Å²) in [5, 5.41) is 8.39. The van der Waals surface area contributed by atoms with Gasteiger partial charge in [-0.15, -0.1) is 0 Å². The van der Waals surface area contributed by atoms with Crippen LogP contribution in [0.2, 0.25) is 0 Å². The van der Waals surface area contributed by atoms with Gasteiger partial charge in [-0.2, -0.15) is 0 Å². The van der Waals surface area contributed by atoms with Crippen LogP contribution in [0.4, 0.5) is 0 Å². The summed E-state index contributed by atoms with van der Waals surface area (Å²) in [6.07, 6.45) is 0.570. The number of carboxylic acid groups (broad SMARTS) is 1. The Morgan fingerprint density at radius 3 is 2.46 bits per heavy atom. The normalized spacial score (nSPS) is 14.2. The van der Waals surface area contributed by atoms with Gasteiger partial charge >= 0.3 is 5.97 Å². The van der Waals surface area contributed by atoms with Crippen LogP contribution in [0.15, 0.2) is 0 Å². The molecule has 0 aromatic heterocycles. The first kappa shape index (κ1) is 12.4. The van der Waals surface area contributed by atoms with E-state index in [1.807, 2.05) is 20.8 Å². The monoisotopic (exact) mass is 189 g/mol. The molecule has 78 valence electrons. The number of carboxylic acids is 1. The van der Waals surface area contributed by atoms with Gasteiger partial charge in [0.15, 0.2) is 0 Å². The number of rotatable bonds is 5. The van der Waals surface area contributed by atoms with Crippen molar-refractivity contribution < 1.29 is 14.6 Å². The Bertz CT molecular complexity index is 163. The molecule has 3 N–H and O–H groups in total. The molecule has 0 aliphatic rings. The van der Waals surface area contributed by atoms with Crippen molar-refractivity contribution in [3.63, 3.8) is 0 Å². The van der Waals surface area contributed by atoms with Crippen molar-refractivity contribution in [1.29, 1.82) is 0 Å². The third-order valence-electron chi connectivity index (χ3n) is 1.46. The van der Waals surface area contributed by atoms with Crippen molar-refractivity contribution in [2.24, 2.45) is 5.73 Å². The molecule has 0 aliphatic carbocycles. The van der Waals surface area contributed by atoms with Crippen molar-refractivity contribution in [2.75, 3.05) is 6.61 Å². The predicted molar refractivity (Wildman–Crippen MR) is 50.6 cm³/mol. The Hall–Kier alpha value is -0.610. The van der Waals surface area contributed by atoms with E-state index in [1.54, 1.807) is 0 Å². The summed E-state index contributed by atoms with van der Waals surface area (Å²) in [6, 6.07) is -0.185. The van der Waals surface area contributed by atoms with Gasteiger partial charge in [-0.1, -0.05) is 0 Å². The Morgan fingerprint density at radius 2 is 2.08 bits per heavy atom. The first-order valence-corrected chi connectivity index (χ1v) is 4.42. The van der Waals surface area contributed by atoms with E-state index in [9.17, 15) is 4.79 Å². The zero-order valence-corrected chi connectivity index (χ0v) is 8.54. The van der Waals surface area contributed by atoms with Crippen LogP contribution in [0.3, 0.4) is 0 Å². The van der Waals surface area contributed by atoms with E-state index in [0.717, 1.165) is 0 Å². The maximum absolute atomic E-state index is 10.2. The average molecular weight is 189 g/mol. The van der Waals surface area contributed by atoms with Crippen LogP contribution in [0.25, 0.3) is 0 Å². The maximum atomic E-state index is 10.2. The highest BCUT2D eigenvalue weighted by atomic mass is 16.5. The fourth-order valence-electron chi connectivity index (χ4n) is 0.749. The SMILES string of the molecule is CC(C)(C)OCC(N)CCC(=O)O. The van der Waals surface area contributed by atoms with Crippen molar-refractivity contribution in [1.82, 2.24) is 0 Å². The van der Waals surface area contributed by atoms with Crippen LogP contribution in [0, 0.1) is 0 Å². The van der Waals surface area contributed by atoms with Gasteiger partial charge in [0.05, 0.1) is 12.2 Å². The second-order valence-electron chi connectivity index (χ2n) is 4.12. The van der Waals surface area contributed by atoms with Gasteiger partial charge in [0.2, 0.25) is 0 Å². The first-order chi connectivity index (χ1) is 5.81. The molecule has 0 aromatic rings. The molecule has 0 heterocycles. The number of nitrogens with two attached hydrogens (primary N) is 1. The second kappa shape index (κ2) is 5.19. The highest BCUT2D eigenvalue weighted by Gasteiger charge is 2.13. The smallest absolute Gasteiger partial charge is 0.303 e. The Labute approximate surface area is 79.1 Å². The molecule has 0 amide bonds. The van der Waals surface area contributed by atoms with Crippen LogP contribution >= 0.6 is 0 Å². The minimum Gasteiger partial charge on any atom is -0.481 e. The summed E-state index contributed by atoms with van der Waals surface area (Å²) in [7, 11) is 0. The van der Waals surface area contributed by atoms with E-state index in [1.165, 1.54) is 0 Å². The topological polar surface area (TPSA) is 72.5 Å². The van der Waals surface area contributed by atoms with Gasteiger partial charge in [0.25, 0.3) is 0 Å². The Balaban J connectivity index is 3.52. The van der Waals surface area contributed by atoms with E-state index >= 15 is 0 Å². The number of carbonyl (C=O) groups is 1. The third-order valence-corrected chi connectivity index (χ3v) is 1.46. The lowest BCUT2D eigenvalue weighted by Crippen LogP contribution is -2.32. The molecule has 0 rings (SSSR count). The largest absolute Gasteiger partial charge is 0.481 e. The molecule has 0 spiro atoms. The molecule has 0 saturated heterocycles. The maximum Gasteiger partial charge on any atom is 0.303 e. The van der Waals surface area contributed by atoms with Crippen molar-refractivity contribution >= 4 is 5.97 Å². The molecule has 0 bridgehead atoms. The molecule has 13 heavy (non-hydrogen) atoms. The van der Waals surface area contributed by atoms with Crippen LogP contribution in [-0.2, 0) is 9.53 Å². The highest BCUT2D eigenvalue weighted by molar-refractivity contribution is 5.66. The van der Waals surface area contributed by atoms with Gasteiger partial charge in [-0.3, -0.25) is 4.79 Å². The van der Waals surface area contributed by atoms with Crippen LogP contribution in [0.5, 0.6) is 0 Å². The Morgan fingerprint density at radius 1 is 1.54 bits per heavy atom. The summed E-state index contributed by atoms with van der Waals surface area (Å²) in [5.41, 5.74) is 5.43. The molecule has 0 aromatic carbocycles. The van der Waals surface area contributed by atoms with Gasteiger partial charge in [-0.25, -0.2) is 0 Å². The number of hydrogen-bond donors (Lipinski definition) is 2. The van der Waals surface area contributed by atoms with Crippen molar-refractivity contribution in [3.8, 4) is 0 Å². The lowest BCUT2D eigenvalue weighted by atomic mass is 10.1. The molecule has 0 radical (unpaired) electrons. The summed E-state index contributed by atoms with van der Waals surface area (Å²) in [5.74, 6) is -0.814. The third kappa shape index (κ3) is 9.30. The minimum atomic E-state index is -0.814. The van der Waals surface area contributed by atoms with E-state index in [0.29, 0.717) is 13.0 Å². The van der Waals surface area contributed by atoms with Gasteiger partial charge in [0, 0.05) is 12.5 Å². The molecule has 1 atom stereocenters. The number of ether oxygens (including phenoxy) is 1. The summed E-state index contributed by atoms with van der Waals surface area (Å²) >= 11 is 0. The van der Waals surface area contributed by atoms with Gasteiger partial charge in [-0.05, 0) is 27.2 Å². The van der Waals surface area contributed by atoms with E-state index in [2.05, 4.69) is 0 Å². The molecule has 4 heteroatoms. The summed E-state index contributed by atoms with van der Waals surface area (Å²) < 4.78 is 5.41. The minimum absolute atomic E-state index is 0.106. The lowest BCUT2D eigenvalue weighted by molar-refractivity contribution is -0.137. The number of hydrogen-bond acceptors (Lipinski definition) is 3. The fourth-order valence-corrected chi connectivity index (χ4v) is 0.749. The second-order valence-corrected chi connectivity index (χ2v) is 4.12. The van der Waals surface area contributed by atoms with E-state index in [4.69, 9.17) is 15.6 Å². The molecule has 0 saturated carbocycles. The van der Waals surface area contributed by atoms with Crippen molar-refractivity contribution in [3.05, 3.63) is 0 Å². The molecule has 0 aliphatic heterocycles. The van der Waals surface area contributed by atoms with Gasteiger partial charge < -0.3 is 15.6 Å². The van der Waals surface area contributed by atoms with E-state index in [-0.39, 0.29) is 18.1 Å². The van der Waals surface area contributed by atoms with E-state index < -0.39 is 5.97 Å². The quantitative estimate of drug-likeness (QED) is 0.676. The number of aliphatic carboxylic acids is 1. The highest BCUT2D eigenvalue weighted by Crippen LogP contribution is 2.07. The molecular formula is C9H19NO3. The molecule has 1 unspecified atom stereocenters. The van der Waals surface area contributed by atoms with Crippen LogP contribution in [0.1, 0.15) is 33.6 Å². The average Bonchev–Trinajstić information content (AvgIpc) is 1.95.